The molecular formula is C8H11F3N4. The van der Waals surface area contributed by atoms with Gasteiger partial charge in [-0.05, 0) is 6.42 Å². The van der Waals surface area contributed by atoms with E-state index < -0.39 is 12.7 Å². The molecule has 0 aromatic carbocycles. The Hall–Kier alpha value is -1.24. The van der Waals surface area contributed by atoms with Crippen LogP contribution in [0.1, 0.15) is 11.3 Å². The molecule has 0 fully saturated rings. The van der Waals surface area contributed by atoms with Gasteiger partial charge in [-0.1, -0.05) is 0 Å². The number of anilines is 1. The molecule has 0 bridgehead atoms. The van der Waals surface area contributed by atoms with Gasteiger partial charge in [-0.2, -0.15) is 18.3 Å². The highest BCUT2D eigenvalue weighted by Gasteiger charge is 2.32. The lowest BCUT2D eigenvalue weighted by atomic mass is 10.1. The zero-order valence-electron chi connectivity index (χ0n) is 7.93. The summed E-state index contributed by atoms with van der Waals surface area (Å²) in [4.78, 5) is 1.33. The first kappa shape index (κ1) is 10.3. The van der Waals surface area contributed by atoms with Crippen molar-refractivity contribution < 1.29 is 13.2 Å². The van der Waals surface area contributed by atoms with E-state index in [4.69, 9.17) is 5.73 Å². The first-order chi connectivity index (χ1) is 6.96. The Morgan fingerprint density at radius 3 is 2.87 bits per heavy atom. The number of hydrogen-bond donors (Lipinski definition) is 2. The number of H-pyrrole nitrogens is 1. The van der Waals surface area contributed by atoms with Gasteiger partial charge in [0.25, 0.3) is 0 Å². The number of nitrogen functional groups attached to an aromatic ring is 1. The van der Waals surface area contributed by atoms with Crippen molar-refractivity contribution in [3.05, 3.63) is 11.3 Å². The normalized spacial score (nSPS) is 17.8. The molecule has 0 unspecified atom stereocenters. The summed E-state index contributed by atoms with van der Waals surface area (Å²) in [5, 5.41) is 6.43. The summed E-state index contributed by atoms with van der Waals surface area (Å²) in [6.07, 6.45) is -3.63. The predicted molar refractivity (Wildman–Crippen MR) is 48.0 cm³/mol. The molecule has 15 heavy (non-hydrogen) atoms. The van der Waals surface area contributed by atoms with E-state index in [0.29, 0.717) is 24.5 Å². The van der Waals surface area contributed by atoms with Crippen molar-refractivity contribution in [2.24, 2.45) is 0 Å². The number of aromatic nitrogens is 2. The minimum Gasteiger partial charge on any atom is -0.382 e. The van der Waals surface area contributed by atoms with E-state index in [2.05, 4.69) is 10.2 Å². The van der Waals surface area contributed by atoms with Gasteiger partial charge >= 0.3 is 6.18 Å². The third-order valence-corrected chi connectivity index (χ3v) is 2.45. The summed E-state index contributed by atoms with van der Waals surface area (Å²) in [6, 6.07) is 0. The van der Waals surface area contributed by atoms with Crippen molar-refractivity contribution in [2.75, 3.05) is 18.8 Å². The van der Waals surface area contributed by atoms with Crippen LogP contribution in [0.15, 0.2) is 0 Å². The Kier molecular flexibility index (Phi) is 2.34. The third-order valence-electron chi connectivity index (χ3n) is 2.45. The topological polar surface area (TPSA) is 57.9 Å². The van der Waals surface area contributed by atoms with Crippen LogP contribution in [0.2, 0.25) is 0 Å². The monoisotopic (exact) mass is 220 g/mol. The Morgan fingerprint density at radius 1 is 1.47 bits per heavy atom. The molecule has 0 aliphatic carbocycles. The lowest BCUT2D eigenvalue weighted by Gasteiger charge is -2.27. The van der Waals surface area contributed by atoms with Crippen molar-refractivity contribution in [1.29, 1.82) is 0 Å². The number of hydrogen-bond acceptors (Lipinski definition) is 3. The van der Waals surface area contributed by atoms with Crippen molar-refractivity contribution >= 4 is 5.82 Å². The largest absolute Gasteiger partial charge is 0.401 e. The maximum Gasteiger partial charge on any atom is 0.401 e. The van der Waals surface area contributed by atoms with Gasteiger partial charge in [-0.25, -0.2) is 0 Å². The first-order valence-corrected chi connectivity index (χ1v) is 4.56. The van der Waals surface area contributed by atoms with Crippen LogP contribution >= 0.6 is 0 Å². The number of rotatable bonds is 1. The number of nitrogens with one attached hydrogen (secondary N) is 1. The van der Waals surface area contributed by atoms with Crippen molar-refractivity contribution in [2.45, 2.75) is 19.1 Å². The average molecular weight is 220 g/mol. The molecule has 0 spiro atoms. The molecular weight excluding hydrogens is 209 g/mol. The van der Waals surface area contributed by atoms with Crippen LogP contribution in [0, 0.1) is 0 Å². The minimum absolute atomic E-state index is 0.235. The quantitative estimate of drug-likeness (QED) is 0.739. The molecule has 0 radical (unpaired) electrons. The SMILES string of the molecule is Nc1n[nH]c2c1CCN(CC(F)(F)F)C2. The molecule has 2 heterocycles. The molecule has 0 amide bonds. The Morgan fingerprint density at radius 2 is 2.20 bits per heavy atom. The highest BCUT2D eigenvalue weighted by molar-refractivity contribution is 5.43. The fraction of sp³-hybridized carbons (Fsp3) is 0.625. The van der Waals surface area contributed by atoms with Crippen LogP contribution in [0.25, 0.3) is 0 Å². The lowest BCUT2D eigenvalue weighted by Crippen LogP contribution is -2.37. The maximum absolute atomic E-state index is 12.1. The second-order valence-corrected chi connectivity index (χ2v) is 3.64. The van der Waals surface area contributed by atoms with Gasteiger partial charge in [0.1, 0.15) is 5.82 Å². The standard InChI is InChI=1S/C8H11F3N4/c9-8(10,11)4-15-2-1-5-6(3-15)13-14-7(5)12/h1-4H2,(H3,12,13,14). The predicted octanol–water partition coefficient (Wildman–Crippen LogP) is 0.912. The lowest BCUT2D eigenvalue weighted by molar-refractivity contribution is -0.147. The molecule has 84 valence electrons. The fourth-order valence-electron chi connectivity index (χ4n) is 1.79. The number of halogens is 3. The number of alkyl halides is 3. The summed E-state index contributed by atoms with van der Waals surface area (Å²) in [5.41, 5.74) is 7.10. The first-order valence-electron chi connectivity index (χ1n) is 4.56. The van der Waals surface area contributed by atoms with Gasteiger partial charge in [0.05, 0.1) is 12.2 Å². The molecule has 0 saturated carbocycles. The molecule has 1 aromatic rings. The second-order valence-electron chi connectivity index (χ2n) is 3.64. The van der Waals surface area contributed by atoms with Crippen LogP contribution in [0.3, 0.4) is 0 Å². The van der Waals surface area contributed by atoms with Gasteiger partial charge in [-0.3, -0.25) is 10.00 Å². The van der Waals surface area contributed by atoms with Gasteiger partial charge in [0, 0.05) is 18.7 Å². The highest BCUT2D eigenvalue weighted by Crippen LogP contribution is 2.24. The molecule has 0 atom stereocenters. The molecule has 4 nitrogen and oxygen atoms in total. The van der Waals surface area contributed by atoms with E-state index in [0.717, 1.165) is 5.56 Å². The minimum atomic E-state index is -4.15. The summed E-state index contributed by atoms with van der Waals surface area (Å²) in [7, 11) is 0. The van der Waals surface area contributed by atoms with Crippen molar-refractivity contribution in [3.8, 4) is 0 Å². The van der Waals surface area contributed by atoms with E-state index in [9.17, 15) is 13.2 Å². The smallest absolute Gasteiger partial charge is 0.382 e. The average Bonchev–Trinajstić information content (AvgIpc) is 2.45. The van der Waals surface area contributed by atoms with E-state index in [1.165, 1.54) is 4.90 Å². The summed E-state index contributed by atoms with van der Waals surface area (Å²) in [5.74, 6) is 0.400. The van der Waals surface area contributed by atoms with Gasteiger partial charge in [0.15, 0.2) is 0 Å². The van der Waals surface area contributed by atoms with E-state index in [-0.39, 0.29) is 6.54 Å². The van der Waals surface area contributed by atoms with Gasteiger partial charge in [0.2, 0.25) is 0 Å². The second kappa shape index (κ2) is 3.41. The third kappa shape index (κ3) is 2.23. The molecule has 2 rings (SSSR count). The van der Waals surface area contributed by atoms with E-state index in [1.807, 2.05) is 0 Å². The molecule has 1 aliphatic rings. The number of fused-ring (bicyclic) bond motifs is 1. The molecule has 1 aromatic heterocycles. The zero-order valence-corrected chi connectivity index (χ0v) is 7.93. The van der Waals surface area contributed by atoms with Crippen LogP contribution in [0.4, 0.5) is 19.0 Å². The van der Waals surface area contributed by atoms with Gasteiger partial charge in [-0.15, -0.1) is 0 Å². The van der Waals surface area contributed by atoms with Crippen LogP contribution in [-0.2, 0) is 13.0 Å². The number of nitrogens with two attached hydrogens (primary N) is 1. The summed E-state index contributed by atoms with van der Waals surface area (Å²) in [6.45, 7) is -0.277. The molecule has 0 saturated heterocycles. The summed E-state index contributed by atoms with van der Waals surface area (Å²) < 4.78 is 36.4. The fourth-order valence-corrected chi connectivity index (χ4v) is 1.79. The number of aromatic amines is 1. The van der Waals surface area contributed by atoms with E-state index in [1.54, 1.807) is 0 Å². The van der Waals surface area contributed by atoms with Crippen LogP contribution in [0.5, 0.6) is 0 Å². The van der Waals surface area contributed by atoms with Crippen molar-refractivity contribution in [3.63, 3.8) is 0 Å². The van der Waals surface area contributed by atoms with Gasteiger partial charge < -0.3 is 5.73 Å². The molecule has 7 heteroatoms. The van der Waals surface area contributed by atoms with Crippen LogP contribution in [-0.4, -0.2) is 34.4 Å². The highest BCUT2D eigenvalue weighted by atomic mass is 19.4. The Bertz CT molecular complexity index is 357. The van der Waals surface area contributed by atoms with E-state index >= 15 is 0 Å². The molecule has 1 aliphatic heterocycles. The van der Waals surface area contributed by atoms with Crippen LogP contribution < -0.4 is 5.73 Å². The zero-order chi connectivity index (χ0) is 11.1. The Balaban J connectivity index is 2.06. The maximum atomic E-state index is 12.1. The Labute approximate surface area is 84.2 Å². The molecule has 3 N–H and O–H groups in total. The van der Waals surface area contributed by atoms with Crippen molar-refractivity contribution in [1.82, 2.24) is 15.1 Å². The summed E-state index contributed by atoms with van der Waals surface area (Å²) >= 11 is 0. The number of nitrogens with zero attached hydrogens (tertiary/aromatic N) is 2.